The Morgan fingerprint density at radius 3 is 0.891 bits per heavy atom. The van der Waals surface area contributed by atoms with E-state index < -0.39 is 0 Å². The average Bonchev–Trinajstić information content (AvgIpc) is 3.04. The predicted octanol–water partition coefficient (Wildman–Crippen LogP) is 19.8. The number of rotatable bonds is 28. The van der Waals surface area contributed by atoms with Crippen LogP contribution < -0.4 is 27.4 Å². The second-order valence-electron chi connectivity index (χ2n) is 26.6. The standard InChI is InChI=1S/2C14H22.2C12H18.C9H21N3.C7H19N3.2C7H14N2/c2*1-5-11(3)13-7-9-14(10-8-13)12(4)6-2;2*1-4-10(3)12-8-6-11(5-2)7-9-12;1-5-8(2)9(10)11-6-7-12(3)4;1-4-7(8)9-5-6-10(2)3;2*1-3-6(2)7-8-4-5-9-7/h2*7-12H,5-6H2,1-4H3;2*6-10H,4-5H2,1-3H3;8H,5-7H2,1-4H3,(H2,10,11);7,9H,4-6,8H2,1-3H3;2*6H,3-5H2,1-2H3,(H,8,9). The predicted molar refractivity (Wildman–Crippen MR) is 416 cm³/mol. The number of benzene rings is 4. The molecular weight excluding hydrogens is 1120 g/mol. The highest BCUT2D eigenvalue weighted by atomic mass is 15.1. The SMILES string of the molecule is CCC(C)C(N)=NCCN(C)C.CCC(C)C1=NCCN1.CCC(C)C1=NCCN1.CCC(C)c1ccc(C(C)CC)cc1.CCC(C)c1ccc(C(C)CC)cc1.CCC(N)NCCN(C)C.CCc1ccc(C(C)CC)cc1.CCc1ccc(C(C)CC)cc1. The molecule has 10 heteroatoms. The third-order valence-corrected chi connectivity index (χ3v) is 18.7. The lowest BCUT2D eigenvalue weighted by Crippen LogP contribution is -2.40. The fraction of sp³-hybridized carbons (Fsp3) is 0.671. The molecule has 0 radical (unpaired) electrons. The summed E-state index contributed by atoms with van der Waals surface area (Å²) < 4.78 is 0. The molecule has 0 amide bonds. The van der Waals surface area contributed by atoms with Crippen molar-refractivity contribution in [3.63, 3.8) is 0 Å². The van der Waals surface area contributed by atoms with Crippen LogP contribution in [0.3, 0.4) is 0 Å². The van der Waals surface area contributed by atoms with E-state index in [0.29, 0.717) is 53.3 Å². The minimum Gasteiger partial charge on any atom is -0.387 e. The summed E-state index contributed by atoms with van der Waals surface area (Å²) in [7, 11) is 8.18. The van der Waals surface area contributed by atoms with E-state index in [4.69, 9.17) is 11.5 Å². The van der Waals surface area contributed by atoms with Crippen molar-refractivity contribution in [2.24, 2.45) is 44.2 Å². The summed E-state index contributed by atoms with van der Waals surface area (Å²) in [5.41, 5.74) is 23.1. The molecule has 6 rings (SSSR count). The van der Waals surface area contributed by atoms with Gasteiger partial charge in [0, 0.05) is 50.5 Å². The summed E-state index contributed by atoms with van der Waals surface area (Å²) in [6.45, 7) is 54.5. The molecule has 0 saturated heterocycles. The first-order valence-corrected chi connectivity index (χ1v) is 36.9. The van der Waals surface area contributed by atoms with Gasteiger partial charge in [-0.3, -0.25) is 15.0 Å². The summed E-state index contributed by atoms with van der Waals surface area (Å²) in [6, 6.07) is 36.3. The first-order valence-electron chi connectivity index (χ1n) is 36.9. The minimum atomic E-state index is 0.167. The smallest absolute Gasteiger partial charge is 0.0992 e. The van der Waals surface area contributed by atoms with Crippen molar-refractivity contribution in [1.29, 1.82) is 0 Å². The van der Waals surface area contributed by atoms with E-state index in [1.54, 1.807) is 0 Å². The maximum Gasteiger partial charge on any atom is 0.0992 e. The lowest BCUT2D eigenvalue weighted by molar-refractivity contribution is 0.382. The van der Waals surface area contributed by atoms with Gasteiger partial charge in [-0.2, -0.15) is 0 Å². The lowest BCUT2D eigenvalue weighted by Gasteiger charge is -2.13. The zero-order chi connectivity index (χ0) is 70.0. The molecule has 7 N–H and O–H groups in total. The number of nitrogens with one attached hydrogen (secondary N) is 3. The molecule has 10 unspecified atom stereocenters. The lowest BCUT2D eigenvalue weighted by atomic mass is 9.93. The highest BCUT2D eigenvalue weighted by Gasteiger charge is 2.13. The summed E-state index contributed by atoms with van der Waals surface area (Å²) >= 11 is 0. The number of hydrogen-bond acceptors (Lipinski definition) is 9. The van der Waals surface area contributed by atoms with Gasteiger partial charge in [-0.1, -0.05) is 242 Å². The van der Waals surface area contributed by atoms with Gasteiger partial charge in [0.1, 0.15) is 0 Å². The van der Waals surface area contributed by atoms with E-state index in [9.17, 15) is 0 Å². The number of amidine groups is 3. The molecule has 10 atom stereocenters. The number of aryl methyl sites for hydroxylation is 2. The minimum absolute atomic E-state index is 0.167. The van der Waals surface area contributed by atoms with Crippen LogP contribution in [0, 0.1) is 17.8 Å². The molecule has 0 bridgehead atoms. The Kier molecular flexibility index (Phi) is 53.7. The molecule has 4 aromatic rings. The van der Waals surface area contributed by atoms with Gasteiger partial charge in [-0.05, 0) is 185 Å². The van der Waals surface area contributed by atoms with Gasteiger partial charge in [-0.15, -0.1) is 0 Å². The van der Waals surface area contributed by atoms with Crippen LogP contribution in [0.25, 0.3) is 0 Å². The number of likely N-dealkylation sites (N-methyl/N-ethyl adjacent to an activating group) is 2. The molecule has 0 spiro atoms. The Hall–Kier alpha value is -4.87. The summed E-state index contributed by atoms with van der Waals surface area (Å²) in [6.07, 6.45) is 14.2. The molecule has 2 aliphatic rings. The maximum absolute atomic E-state index is 5.75. The van der Waals surface area contributed by atoms with Crippen molar-refractivity contribution in [2.45, 2.75) is 264 Å². The third kappa shape index (κ3) is 41.1. The summed E-state index contributed by atoms with van der Waals surface area (Å²) in [4.78, 5) is 17.2. The van der Waals surface area contributed by atoms with Crippen molar-refractivity contribution in [1.82, 2.24) is 25.8 Å². The average molecular weight is 1270 g/mol. The Balaban J connectivity index is 0. The fourth-order valence-corrected chi connectivity index (χ4v) is 9.13. The van der Waals surface area contributed by atoms with Crippen molar-refractivity contribution in [2.75, 3.05) is 80.5 Å². The molecule has 0 aromatic heterocycles. The highest BCUT2D eigenvalue weighted by molar-refractivity contribution is 5.86. The van der Waals surface area contributed by atoms with Gasteiger partial charge in [-0.25, -0.2) is 0 Å². The van der Waals surface area contributed by atoms with Gasteiger partial charge >= 0.3 is 0 Å². The molecule has 0 aliphatic carbocycles. The number of nitrogens with zero attached hydrogens (tertiary/aromatic N) is 5. The number of hydrogen-bond donors (Lipinski definition) is 5. The Bertz CT molecular complexity index is 2210. The number of aliphatic imine (C=N–C) groups is 3. The molecule has 0 saturated carbocycles. The first kappa shape index (κ1) is 89.2. The molecular formula is C82H148N10. The second-order valence-corrected chi connectivity index (χ2v) is 26.6. The van der Waals surface area contributed by atoms with Crippen LogP contribution in [0.5, 0.6) is 0 Å². The van der Waals surface area contributed by atoms with Gasteiger partial charge < -0.3 is 37.2 Å². The Morgan fingerprint density at radius 1 is 0.413 bits per heavy atom. The van der Waals surface area contributed by atoms with Gasteiger partial charge in [0.25, 0.3) is 0 Å². The van der Waals surface area contributed by atoms with Gasteiger partial charge in [0.15, 0.2) is 0 Å². The van der Waals surface area contributed by atoms with E-state index >= 15 is 0 Å². The van der Waals surface area contributed by atoms with Crippen LogP contribution in [0.1, 0.15) is 290 Å². The molecule has 10 nitrogen and oxygen atoms in total. The van der Waals surface area contributed by atoms with Crippen LogP contribution in [0.15, 0.2) is 112 Å². The monoisotopic (exact) mass is 1270 g/mol. The largest absolute Gasteiger partial charge is 0.387 e. The summed E-state index contributed by atoms with van der Waals surface area (Å²) in [5, 5.41) is 9.71. The Labute approximate surface area is 570 Å². The quantitative estimate of drug-likeness (QED) is 0.0217. The molecule has 92 heavy (non-hydrogen) atoms. The fourth-order valence-electron chi connectivity index (χ4n) is 9.13. The van der Waals surface area contributed by atoms with Gasteiger partial charge in [0.05, 0.1) is 43.3 Å². The molecule has 526 valence electrons. The van der Waals surface area contributed by atoms with Crippen molar-refractivity contribution in [3.8, 4) is 0 Å². The summed E-state index contributed by atoms with van der Waals surface area (Å²) in [5.74, 6) is 9.08. The zero-order valence-electron chi connectivity index (χ0n) is 64.5. The van der Waals surface area contributed by atoms with E-state index in [2.05, 4.69) is 297 Å². The van der Waals surface area contributed by atoms with Crippen LogP contribution in [-0.2, 0) is 12.8 Å². The topological polar surface area (TPSA) is 132 Å². The van der Waals surface area contributed by atoms with E-state index in [-0.39, 0.29) is 6.17 Å². The van der Waals surface area contributed by atoms with E-state index in [1.165, 1.54) is 108 Å². The molecule has 4 aromatic carbocycles. The van der Waals surface area contributed by atoms with E-state index in [0.717, 1.165) is 83.9 Å². The van der Waals surface area contributed by atoms with Crippen LogP contribution >= 0.6 is 0 Å². The van der Waals surface area contributed by atoms with Crippen molar-refractivity contribution >= 4 is 17.5 Å². The maximum atomic E-state index is 5.75. The molecule has 0 fully saturated rings. The first-order chi connectivity index (χ1) is 43.8. The number of nitrogens with two attached hydrogens (primary N) is 2. The van der Waals surface area contributed by atoms with E-state index in [1.807, 2.05) is 14.1 Å². The molecule has 2 heterocycles. The Morgan fingerprint density at radius 2 is 0.685 bits per heavy atom. The normalized spacial score (nSPS) is 15.6. The zero-order valence-corrected chi connectivity index (χ0v) is 64.5. The van der Waals surface area contributed by atoms with Crippen LogP contribution in [0.4, 0.5) is 0 Å². The van der Waals surface area contributed by atoms with Gasteiger partial charge in [0.2, 0.25) is 0 Å². The second kappa shape index (κ2) is 55.4. The van der Waals surface area contributed by atoms with Crippen molar-refractivity contribution < 1.29 is 0 Å². The molecule has 2 aliphatic heterocycles. The third-order valence-electron chi connectivity index (χ3n) is 18.7. The van der Waals surface area contributed by atoms with Crippen molar-refractivity contribution in [3.05, 3.63) is 142 Å². The van der Waals surface area contributed by atoms with Crippen LogP contribution in [-0.4, -0.2) is 114 Å². The highest BCUT2D eigenvalue weighted by Crippen LogP contribution is 2.25. The van der Waals surface area contributed by atoms with Crippen LogP contribution in [0.2, 0.25) is 0 Å².